The third-order valence-electron chi connectivity index (χ3n) is 7.45. The molecule has 0 spiro atoms. The van der Waals surface area contributed by atoms with Gasteiger partial charge in [-0.05, 0) is 44.4 Å². The fourth-order valence-corrected chi connectivity index (χ4v) is 5.34. The second kappa shape index (κ2) is 9.57. The highest BCUT2D eigenvalue weighted by atomic mass is 28.4. The number of rotatable bonds is 7. The summed E-state index contributed by atoms with van der Waals surface area (Å²) in [6, 6.07) is 21.1. The Morgan fingerprint density at radius 1 is 1.03 bits per heavy atom. The highest BCUT2D eigenvalue weighted by Gasteiger charge is 2.39. The molecule has 2 aromatic carbocycles. The first kappa shape index (κ1) is 23.9. The van der Waals surface area contributed by atoms with Crippen molar-refractivity contribution >= 4 is 8.32 Å². The van der Waals surface area contributed by atoms with Crippen LogP contribution in [-0.2, 0) is 4.43 Å². The van der Waals surface area contributed by atoms with Crippen molar-refractivity contribution in [3.8, 4) is 22.6 Å². The molecular weight excluding hydrogens is 424 g/mol. The van der Waals surface area contributed by atoms with Crippen LogP contribution in [0.5, 0.6) is 0 Å². The Kier molecular flexibility index (Phi) is 6.94. The van der Waals surface area contributed by atoms with Gasteiger partial charge in [0.2, 0.25) is 5.89 Å². The van der Waals surface area contributed by atoms with Crippen LogP contribution < -0.4 is 0 Å². The minimum atomic E-state index is -1.77. The number of nitrogens with zero attached hydrogens (tertiary/aromatic N) is 2. The van der Waals surface area contributed by atoms with Gasteiger partial charge in [-0.25, -0.2) is 4.98 Å². The number of oxazole rings is 1. The van der Waals surface area contributed by atoms with Gasteiger partial charge >= 0.3 is 0 Å². The van der Waals surface area contributed by atoms with E-state index in [9.17, 15) is 0 Å². The van der Waals surface area contributed by atoms with Crippen molar-refractivity contribution in [2.45, 2.75) is 70.8 Å². The topological polar surface area (TPSA) is 38.5 Å². The van der Waals surface area contributed by atoms with E-state index in [4.69, 9.17) is 13.8 Å². The summed E-state index contributed by atoms with van der Waals surface area (Å²) in [5.74, 6) is 1.63. The van der Waals surface area contributed by atoms with E-state index < -0.39 is 8.32 Å². The summed E-state index contributed by atoms with van der Waals surface area (Å²) in [7, 11) is -1.77. The van der Waals surface area contributed by atoms with E-state index in [2.05, 4.69) is 82.1 Å². The van der Waals surface area contributed by atoms with Gasteiger partial charge in [-0.1, -0.05) is 81.4 Å². The van der Waals surface area contributed by atoms with Gasteiger partial charge in [0.15, 0.2) is 14.1 Å². The summed E-state index contributed by atoms with van der Waals surface area (Å²) in [5.41, 5.74) is 3.05. The molecule has 176 valence electrons. The summed E-state index contributed by atoms with van der Waals surface area (Å²) in [4.78, 5) is 7.57. The van der Waals surface area contributed by atoms with E-state index in [-0.39, 0.29) is 11.1 Å². The molecule has 2 atom stereocenters. The molecular formula is C28H38N2O2Si. The summed E-state index contributed by atoms with van der Waals surface area (Å²) < 4.78 is 13.1. The highest BCUT2D eigenvalue weighted by Crippen LogP contribution is 2.39. The maximum atomic E-state index is 6.61. The van der Waals surface area contributed by atoms with Crippen LogP contribution in [0.1, 0.15) is 52.5 Å². The molecule has 1 aliphatic rings. The average Bonchev–Trinajstić information content (AvgIpc) is 3.45. The molecule has 5 heteroatoms. The van der Waals surface area contributed by atoms with Gasteiger partial charge in [0.25, 0.3) is 0 Å². The minimum absolute atomic E-state index is 0.0976. The van der Waals surface area contributed by atoms with E-state index >= 15 is 0 Å². The molecule has 0 unspecified atom stereocenters. The zero-order chi connectivity index (χ0) is 23.6. The quantitative estimate of drug-likeness (QED) is 0.340. The number of hydrogen-bond acceptors (Lipinski definition) is 4. The van der Waals surface area contributed by atoms with Crippen LogP contribution in [0.25, 0.3) is 22.6 Å². The molecule has 0 amide bonds. The third-order valence-corrected chi connectivity index (χ3v) is 11.9. The van der Waals surface area contributed by atoms with Crippen molar-refractivity contribution in [1.82, 2.24) is 9.88 Å². The molecule has 1 saturated heterocycles. The van der Waals surface area contributed by atoms with Crippen LogP contribution in [0.4, 0.5) is 0 Å². The fraction of sp³-hybridized carbons (Fsp3) is 0.464. The fourth-order valence-electron chi connectivity index (χ4n) is 4.30. The normalized spacial score (nSPS) is 18.5. The molecule has 2 heterocycles. The molecule has 1 fully saturated rings. The standard InChI is InChI=1S/C28H38N2O2Si/c1-21(30-19-13-18-24(30)20-31-33(5,6)28(2,3)4)27-29-25(22-14-9-7-10-15-22)26(32-27)23-16-11-8-12-17-23/h7-12,14-17,21,24H,13,18-20H2,1-6H3/t21-,24+/m1/s1. The largest absolute Gasteiger partial charge is 0.438 e. The molecule has 0 saturated carbocycles. The lowest BCUT2D eigenvalue weighted by Gasteiger charge is -2.38. The second-order valence-electron chi connectivity index (χ2n) is 10.7. The van der Waals surface area contributed by atoms with E-state index in [0.717, 1.165) is 48.0 Å². The predicted molar refractivity (Wildman–Crippen MR) is 139 cm³/mol. The molecule has 4 nitrogen and oxygen atoms in total. The Bertz CT molecular complexity index is 984. The summed E-state index contributed by atoms with van der Waals surface area (Å²) in [6.07, 6.45) is 2.35. The van der Waals surface area contributed by atoms with Gasteiger partial charge in [0.05, 0.1) is 6.04 Å². The van der Waals surface area contributed by atoms with Crippen LogP contribution in [0.3, 0.4) is 0 Å². The molecule has 33 heavy (non-hydrogen) atoms. The average molecular weight is 463 g/mol. The van der Waals surface area contributed by atoms with Crippen LogP contribution in [0, 0.1) is 0 Å². The van der Waals surface area contributed by atoms with Crippen molar-refractivity contribution in [1.29, 1.82) is 0 Å². The molecule has 0 radical (unpaired) electrons. The van der Waals surface area contributed by atoms with E-state index in [1.54, 1.807) is 0 Å². The summed E-state index contributed by atoms with van der Waals surface area (Å²) in [5, 5.41) is 0.222. The second-order valence-corrected chi connectivity index (χ2v) is 15.6. The van der Waals surface area contributed by atoms with Crippen LogP contribution in [0.15, 0.2) is 65.1 Å². The van der Waals surface area contributed by atoms with Gasteiger partial charge in [0, 0.05) is 23.8 Å². The van der Waals surface area contributed by atoms with Gasteiger partial charge in [-0.15, -0.1) is 0 Å². The summed E-state index contributed by atoms with van der Waals surface area (Å²) in [6.45, 7) is 15.6. The zero-order valence-corrected chi connectivity index (χ0v) is 22.0. The lowest BCUT2D eigenvalue weighted by atomic mass is 10.1. The van der Waals surface area contributed by atoms with Crippen LogP contribution in [0.2, 0.25) is 18.1 Å². The van der Waals surface area contributed by atoms with Crippen molar-refractivity contribution in [2.75, 3.05) is 13.2 Å². The Balaban J connectivity index is 1.60. The van der Waals surface area contributed by atoms with E-state index in [1.807, 2.05) is 24.3 Å². The maximum Gasteiger partial charge on any atom is 0.212 e. The number of hydrogen-bond donors (Lipinski definition) is 0. The Morgan fingerprint density at radius 3 is 2.24 bits per heavy atom. The Morgan fingerprint density at radius 2 is 1.64 bits per heavy atom. The SMILES string of the molecule is C[C@H](c1nc(-c2ccccc2)c(-c2ccccc2)o1)N1CCC[C@H]1CO[Si](C)(C)C(C)(C)C. The molecule has 0 aliphatic carbocycles. The number of benzene rings is 2. The molecule has 1 aliphatic heterocycles. The number of likely N-dealkylation sites (tertiary alicyclic amines) is 1. The van der Waals surface area contributed by atoms with Crippen LogP contribution >= 0.6 is 0 Å². The van der Waals surface area contributed by atoms with Gasteiger partial charge in [-0.2, -0.15) is 0 Å². The first-order chi connectivity index (χ1) is 15.7. The lowest BCUT2D eigenvalue weighted by molar-refractivity contribution is 0.117. The molecule has 0 N–H and O–H groups in total. The molecule has 4 rings (SSSR count). The van der Waals surface area contributed by atoms with Crippen molar-refractivity contribution in [3.63, 3.8) is 0 Å². The minimum Gasteiger partial charge on any atom is -0.438 e. The van der Waals surface area contributed by atoms with Crippen molar-refractivity contribution in [2.24, 2.45) is 0 Å². The third kappa shape index (κ3) is 5.16. The lowest BCUT2D eigenvalue weighted by Crippen LogP contribution is -2.45. The van der Waals surface area contributed by atoms with Gasteiger partial charge < -0.3 is 8.84 Å². The molecule has 0 bridgehead atoms. The van der Waals surface area contributed by atoms with Crippen molar-refractivity contribution in [3.05, 3.63) is 66.6 Å². The summed E-state index contributed by atoms with van der Waals surface area (Å²) >= 11 is 0. The van der Waals surface area contributed by atoms with Gasteiger partial charge in [-0.3, -0.25) is 4.90 Å². The van der Waals surface area contributed by atoms with Gasteiger partial charge in [0.1, 0.15) is 5.69 Å². The first-order valence-electron chi connectivity index (χ1n) is 12.2. The Labute approximate surface area is 200 Å². The maximum absolute atomic E-state index is 6.61. The smallest absolute Gasteiger partial charge is 0.212 e. The first-order valence-corrected chi connectivity index (χ1v) is 15.1. The van der Waals surface area contributed by atoms with Crippen LogP contribution in [-0.4, -0.2) is 37.4 Å². The Hall–Kier alpha value is -2.21. The van der Waals surface area contributed by atoms with E-state index in [0.29, 0.717) is 6.04 Å². The predicted octanol–water partition coefficient (Wildman–Crippen LogP) is 7.56. The van der Waals surface area contributed by atoms with E-state index in [1.165, 1.54) is 6.42 Å². The molecule has 1 aromatic heterocycles. The monoisotopic (exact) mass is 462 g/mol. The number of aromatic nitrogens is 1. The highest BCUT2D eigenvalue weighted by molar-refractivity contribution is 6.74. The van der Waals surface area contributed by atoms with Crippen molar-refractivity contribution < 1.29 is 8.84 Å². The molecule has 3 aromatic rings. The zero-order valence-electron chi connectivity index (χ0n) is 21.0.